The van der Waals surface area contributed by atoms with Crippen LogP contribution in [-0.2, 0) is 17.7 Å². The van der Waals surface area contributed by atoms with Gasteiger partial charge in [0.15, 0.2) is 0 Å². The van der Waals surface area contributed by atoms with Crippen LogP contribution in [0.4, 0.5) is 0 Å². The predicted octanol–water partition coefficient (Wildman–Crippen LogP) is 2.31. The lowest BCUT2D eigenvalue weighted by molar-refractivity contribution is -0.0498. The van der Waals surface area contributed by atoms with Crippen molar-refractivity contribution in [2.45, 2.75) is 44.9 Å². The summed E-state index contributed by atoms with van der Waals surface area (Å²) in [5, 5.41) is 9.24. The summed E-state index contributed by atoms with van der Waals surface area (Å²) in [6.45, 7) is 4.67. The first-order valence-electron chi connectivity index (χ1n) is 7.38. The Hall–Kier alpha value is -1.39. The van der Waals surface area contributed by atoms with Gasteiger partial charge in [-0.05, 0) is 43.4 Å². The molecule has 1 aromatic carbocycles. The third-order valence-electron chi connectivity index (χ3n) is 4.51. The van der Waals surface area contributed by atoms with E-state index in [9.17, 15) is 9.90 Å². The number of carboxylic acids is 1. The lowest BCUT2D eigenvalue weighted by atomic mass is 9.85. The molecule has 1 aliphatic heterocycles. The molecule has 0 saturated heterocycles. The van der Waals surface area contributed by atoms with Crippen molar-refractivity contribution in [1.82, 2.24) is 4.90 Å². The normalized spacial score (nSPS) is 25.9. The highest BCUT2D eigenvalue weighted by Gasteiger charge is 2.35. The lowest BCUT2D eigenvalue weighted by Gasteiger charge is -2.44. The zero-order valence-electron chi connectivity index (χ0n) is 11.8. The molecule has 0 atom stereocenters. The minimum Gasteiger partial charge on any atom is -0.478 e. The minimum absolute atomic E-state index is 0.428. The van der Waals surface area contributed by atoms with Gasteiger partial charge in [0.2, 0.25) is 0 Å². The van der Waals surface area contributed by atoms with Crippen molar-refractivity contribution in [2.24, 2.45) is 0 Å². The van der Waals surface area contributed by atoms with Crippen molar-refractivity contribution in [3.63, 3.8) is 0 Å². The first-order valence-corrected chi connectivity index (χ1v) is 7.38. The second kappa shape index (κ2) is 5.54. The average molecular weight is 275 g/mol. The van der Waals surface area contributed by atoms with E-state index in [0.717, 1.165) is 44.5 Å². The molecule has 0 unspecified atom stereocenters. The van der Waals surface area contributed by atoms with Gasteiger partial charge in [0.05, 0.1) is 11.7 Å². The number of carboxylic acid groups (broad SMARTS) is 1. The summed E-state index contributed by atoms with van der Waals surface area (Å²) in [5.41, 5.74) is 2.68. The van der Waals surface area contributed by atoms with Gasteiger partial charge in [-0.2, -0.15) is 0 Å². The molecule has 1 fully saturated rings. The minimum atomic E-state index is -0.810. The maximum absolute atomic E-state index is 11.2. The molecule has 20 heavy (non-hydrogen) atoms. The third-order valence-corrected chi connectivity index (χ3v) is 4.51. The Morgan fingerprint density at radius 2 is 2.25 bits per heavy atom. The first kappa shape index (κ1) is 13.6. The monoisotopic (exact) mass is 275 g/mol. The van der Waals surface area contributed by atoms with Crippen molar-refractivity contribution in [2.75, 3.05) is 13.2 Å². The largest absolute Gasteiger partial charge is 0.478 e. The van der Waals surface area contributed by atoms with Crippen LogP contribution in [0.5, 0.6) is 0 Å². The fourth-order valence-electron chi connectivity index (χ4n) is 3.35. The van der Waals surface area contributed by atoms with E-state index in [1.165, 1.54) is 5.56 Å². The maximum atomic E-state index is 11.2. The number of carbonyl (C=O) groups is 1. The molecule has 0 aromatic heterocycles. The van der Waals surface area contributed by atoms with Crippen molar-refractivity contribution in [1.29, 1.82) is 0 Å². The van der Waals surface area contributed by atoms with Crippen LogP contribution < -0.4 is 0 Å². The van der Waals surface area contributed by atoms with Crippen LogP contribution in [0.25, 0.3) is 0 Å². The molecular weight excluding hydrogens is 254 g/mol. The molecule has 3 rings (SSSR count). The van der Waals surface area contributed by atoms with Crippen molar-refractivity contribution < 1.29 is 14.6 Å². The van der Waals surface area contributed by atoms with Gasteiger partial charge < -0.3 is 9.84 Å². The van der Waals surface area contributed by atoms with Gasteiger partial charge in [-0.1, -0.05) is 12.1 Å². The van der Waals surface area contributed by atoms with Crippen LogP contribution in [0.2, 0.25) is 0 Å². The lowest BCUT2D eigenvalue weighted by Crippen LogP contribution is -2.49. The molecule has 1 N–H and O–H groups in total. The van der Waals surface area contributed by atoms with Crippen LogP contribution in [0.1, 0.15) is 41.3 Å². The zero-order valence-corrected chi connectivity index (χ0v) is 11.8. The number of hydrogen-bond acceptors (Lipinski definition) is 3. The Morgan fingerprint density at radius 1 is 1.45 bits per heavy atom. The van der Waals surface area contributed by atoms with Gasteiger partial charge in [0.25, 0.3) is 0 Å². The first-order chi connectivity index (χ1) is 9.69. The van der Waals surface area contributed by atoms with Crippen LogP contribution in [0, 0.1) is 0 Å². The molecule has 0 spiro atoms. The fourth-order valence-corrected chi connectivity index (χ4v) is 3.35. The molecule has 0 radical (unpaired) electrons. The second-order valence-electron chi connectivity index (χ2n) is 5.67. The van der Waals surface area contributed by atoms with Crippen LogP contribution in [0.15, 0.2) is 18.2 Å². The predicted molar refractivity (Wildman–Crippen MR) is 76.0 cm³/mol. The zero-order chi connectivity index (χ0) is 14.1. The Bertz CT molecular complexity index is 508. The molecule has 1 aromatic rings. The van der Waals surface area contributed by atoms with E-state index in [4.69, 9.17) is 4.74 Å². The molecular formula is C16H21NO3. The summed E-state index contributed by atoms with van der Waals surface area (Å²) in [5.74, 6) is -0.810. The summed E-state index contributed by atoms with van der Waals surface area (Å²) in [7, 11) is 0. The standard InChI is InChI=1S/C16H21NO3/c1-2-20-13-8-12(9-13)17-7-6-14-11(10-17)4-3-5-15(14)16(18)19/h3-5,12-13H,2,6-10H2,1H3,(H,18,19). The highest BCUT2D eigenvalue weighted by atomic mass is 16.5. The molecule has 108 valence electrons. The van der Waals surface area contributed by atoms with E-state index in [2.05, 4.69) is 11.0 Å². The summed E-state index contributed by atoms with van der Waals surface area (Å²) < 4.78 is 5.61. The number of ether oxygens (including phenoxy) is 1. The Morgan fingerprint density at radius 3 is 2.95 bits per heavy atom. The highest BCUT2D eigenvalue weighted by molar-refractivity contribution is 5.89. The quantitative estimate of drug-likeness (QED) is 0.916. The van der Waals surface area contributed by atoms with Gasteiger partial charge >= 0.3 is 5.97 Å². The summed E-state index contributed by atoms with van der Waals surface area (Å²) >= 11 is 0. The summed E-state index contributed by atoms with van der Waals surface area (Å²) in [4.78, 5) is 13.7. The van der Waals surface area contributed by atoms with E-state index >= 15 is 0 Å². The van der Waals surface area contributed by atoms with Crippen molar-refractivity contribution in [3.8, 4) is 0 Å². The number of benzene rings is 1. The number of hydrogen-bond donors (Lipinski definition) is 1. The topological polar surface area (TPSA) is 49.8 Å². The number of aromatic carboxylic acids is 1. The Labute approximate surface area is 119 Å². The van der Waals surface area contributed by atoms with E-state index < -0.39 is 5.97 Å². The van der Waals surface area contributed by atoms with Crippen LogP contribution in [0.3, 0.4) is 0 Å². The number of rotatable bonds is 4. The van der Waals surface area contributed by atoms with Crippen molar-refractivity contribution in [3.05, 3.63) is 34.9 Å². The van der Waals surface area contributed by atoms with Crippen LogP contribution >= 0.6 is 0 Å². The number of nitrogens with zero attached hydrogens (tertiary/aromatic N) is 1. The highest BCUT2D eigenvalue weighted by Crippen LogP contribution is 2.32. The van der Waals surface area contributed by atoms with Gasteiger partial charge in [0.1, 0.15) is 0 Å². The fraction of sp³-hybridized carbons (Fsp3) is 0.562. The van der Waals surface area contributed by atoms with Gasteiger partial charge in [0, 0.05) is 25.7 Å². The number of fused-ring (bicyclic) bond motifs is 1. The molecule has 4 nitrogen and oxygen atoms in total. The van der Waals surface area contributed by atoms with E-state index in [0.29, 0.717) is 17.7 Å². The van der Waals surface area contributed by atoms with Crippen molar-refractivity contribution >= 4 is 5.97 Å². The molecule has 1 saturated carbocycles. The smallest absolute Gasteiger partial charge is 0.335 e. The summed E-state index contributed by atoms with van der Waals surface area (Å²) in [6.07, 6.45) is 3.49. The Kier molecular flexibility index (Phi) is 3.76. The van der Waals surface area contributed by atoms with Gasteiger partial charge in [-0.15, -0.1) is 0 Å². The van der Waals surface area contributed by atoms with E-state index in [-0.39, 0.29) is 0 Å². The molecule has 4 heteroatoms. The third kappa shape index (κ3) is 2.45. The van der Waals surface area contributed by atoms with Gasteiger partial charge in [-0.25, -0.2) is 4.79 Å². The Balaban J connectivity index is 1.68. The second-order valence-corrected chi connectivity index (χ2v) is 5.67. The summed E-state index contributed by atoms with van der Waals surface area (Å²) in [6, 6.07) is 6.24. The molecule has 1 aliphatic carbocycles. The van der Waals surface area contributed by atoms with E-state index in [1.54, 1.807) is 6.07 Å². The van der Waals surface area contributed by atoms with Crippen LogP contribution in [-0.4, -0.2) is 41.3 Å². The molecule has 0 amide bonds. The molecule has 2 aliphatic rings. The molecule has 0 bridgehead atoms. The van der Waals surface area contributed by atoms with E-state index in [1.807, 2.05) is 13.0 Å². The SMILES string of the molecule is CCOC1CC(N2CCc3c(cccc3C(=O)O)C2)C1. The average Bonchev–Trinajstić information content (AvgIpc) is 2.41. The van der Waals surface area contributed by atoms with Gasteiger partial charge in [-0.3, -0.25) is 4.90 Å². The molecule has 1 heterocycles. The maximum Gasteiger partial charge on any atom is 0.335 e.